The van der Waals surface area contributed by atoms with Crippen molar-refractivity contribution in [2.24, 2.45) is 0 Å². The van der Waals surface area contributed by atoms with E-state index in [1.165, 1.54) is 7.11 Å². The van der Waals surface area contributed by atoms with Crippen molar-refractivity contribution in [2.75, 3.05) is 11.8 Å². The maximum absolute atomic E-state index is 12.3. The molecule has 1 aromatic heterocycles. The maximum Gasteiger partial charge on any atom is 0.272 e. The fourth-order valence-electron chi connectivity index (χ4n) is 1.57. The van der Waals surface area contributed by atoms with E-state index in [-0.39, 0.29) is 4.21 Å². The van der Waals surface area contributed by atoms with Crippen LogP contribution in [0.3, 0.4) is 0 Å². The van der Waals surface area contributed by atoms with Gasteiger partial charge in [-0.05, 0) is 45.9 Å². The summed E-state index contributed by atoms with van der Waals surface area (Å²) in [6, 6.07) is 4.90. The van der Waals surface area contributed by atoms with Crippen molar-refractivity contribution in [1.82, 2.24) is 0 Å². The summed E-state index contributed by atoms with van der Waals surface area (Å²) in [5.74, 6) is 0.372. The van der Waals surface area contributed by atoms with Crippen molar-refractivity contribution in [3.05, 3.63) is 38.6 Å². The van der Waals surface area contributed by atoms with Gasteiger partial charge in [-0.3, -0.25) is 4.72 Å². The lowest BCUT2D eigenvalue weighted by molar-refractivity contribution is 0.417. The topological polar surface area (TPSA) is 55.4 Å². The zero-order valence-electron chi connectivity index (χ0n) is 10.6. The first-order valence-electron chi connectivity index (χ1n) is 5.45. The predicted molar refractivity (Wildman–Crippen MR) is 85.6 cm³/mol. The summed E-state index contributed by atoms with van der Waals surface area (Å²) in [5.41, 5.74) is 1.12. The van der Waals surface area contributed by atoms with Crippen LogP contribution in [0.1, 0.15) is 5.56 Å². The Kier molecular flexibility index (Phi) is 4.63. The van der Waals surface area contributed by atoms with Crippen molar-refractivity contribution in [2.45, 2.75) is 11.1 Å². The molecule has 0 aliphatic carbocycles. The molecule has 0 fully saturated rings. The highest BCUT2D eigenvalue weighted by Gasteiger charge is 2.21. The van der Waals surface area contributed by atoms with E-state index in [2.05, 4.69) is 20.7 Å². The second-order valence-corrected chi connectivity index (χ2v) is 8.02. The quantitative estimate of drug-likeness (QED) is 0.839. The predicted octanol–water partition coefficient (Wildman–Crippen LogP) is 4.28. The molecule has 0 bridgehead atoms. The molecule has 8 heteroatoms. The highest BCUT2D eigenvalue weighted by atomic mass is 79.9. The Morgan fingerprint density at radius 3 is 2.65 bits per heavy atom. The number of anilines is 1. The van der Waals surface area contributed by atoms with E-state index < -0.39 is 10.0 Å². The van der Waals surface area contributed by atoms with Gasteiger partial charge < -0.3 is 4.74 Å². The van der Waals surface area contributed by atoms with Gasteiger partial charge in [-0.2, -0.15) is 0 Å². The molecular weight excluding hydrogens is 386 g/mol. The number of aryl methyl sites for hydroxylation is 1. The number of nitrogens with one attached hydrogen (secondary N) is 1. The monoisotopic (exact) mass is 395 g/mol. The lowest BCUT2D eigenvalue weighted by Gasteiger charge is -2.13. The third-order valence-electron chi connectivity index (χ3n) is 2.55. The van der Waals surface area contributed by atoms with Crippen LogP contribution in [-0.4, -0.2) is 15.5 Å². The number of rotatable bonds is 4. The first kappa shape index (κ1) is 15.6. The van der Waals surface area contributed by atoms with E-state index in [0.717, 1.165) is 16.9 Å². The molecule has 0 aliphatic heterocycles. The molecule has 2 aromatic rings. The van der Waals surface area contributed by atoms with Crippen molar-refractivity contribution >= 4 is 54.6 Å². The van der Waals surface area contributed by atoms with Gasteiger partial charge in [0, 0.05) is 15.6 Å². The number of hydrogen-bond donors (Lipinski definition) is 1. The first-order valence-corrected chi connectivity index (χ1v) is 8.98. The second kappa shape index (κ2) is 5.93. The highest BCUT2D eigenvalue weighted by molar-refractivity contribution is 9.10. The van der Waals surface area contributed by atoms with Crippen molar-refractivity contribution in [1.29, 1.82) is 0 Å². The number of halogens is 2. The summed E-state index contributed by atoms with van der Waals surface area (Å²) in [7, 11) is -2.21. The van der Waals surface area contributed by atoms with Crippen LogP contribution < -0.4 is 9.46 Å². The van der Waals surface area contributed by atoms with Gasteiger partial charge in [0.25, 0.3) is 10.0 Å². The van der Waals surface area contributed by atoms with Crippen LogP contribution in [0.5, 0.6) is 5.75 Å². The van der Waals surface area contributed by atoms with E-state index in [4.69, 9.17) is 16.3 Å². The third-order valence-corrected chi connectivity index (χ3v) is 7.00. The van der Waals surface area contributed by atoms with Crippen LogP contribution in [0.4, 0.5) is 5.69 Å². The van der Waals surface area contributed by atoms with Crippen LogP contribution in [0.2, 0.25) is 5.02 Å². The van der Waals surface area contributed by atoms with Gasteiger partial charge in [0.15, 0.2) is 4.21 Å². The van der Waals surface area contributed by atoms with E-state index >= 15 is 0 Å². The molecule has 0 unspecified atom stereocenters. The lowest BCUT2D eigenvalue weighted by atomic mass is 10.2. The summed E-state index contributed by atoms with van der Waals surface area (Å²) in [6.07, 6.45) is 0. The molecule has 0 amide bonds. The highest BCUT2D eigenvalue weighted by Crippen LogP contribution is 2.34. The van der Waals surface area contributed by atoms with E-state index in [9.17, 15) is 8.42 Å². The SMILES string of the molecule is COc1cc(Cl)c(C)cc1NS(=O)(=O)c1sccc1Br. The molecule has 1 N–H and O–H groups in total. The van der Waals surface area contributed by atoms with Crippen LogP contribution in [-0.2, 0) is 10.0 Å². The molecule has 0 saturated heterocycles. The number of benzene rings is 1. The summed E-state index contributed by atoms with van der Waals surface area (Å²) in [4.78, 5) is 0. The Bertz CT molecular complexity index is 743. The largest absolute Gasteiger partial charge is 0.495 e. The molecule has 0 spiro atoms. The summed E-state index contributed by atoms with van der Waals surface area (Å²) in [6.45, 7) is 1.79. The van der Waals surface area contributed by atoms with Gasteiger partial charge in [-0.25, -0.2) is 8.42 Å². The standard InChI is InChI=1S/C12H11BrClNO3S2/c1-7-5-10(11(18-2)6-9(7)14)15-20(16,17)12-8(13)3-4-19-12/h3-6,15H,1-2H3. The minimum absolute atomic E-state index is 0.215. The van der Waals surface area contributed by atoms with Gasteiger partial charge in [-0.15, -0.1) is 11.3 Å². The zero-order chi connectivity index (χ0) is 14.9. The van der Waals surface area contributed by atoms with Crippen LogP contribution in [0.25, 0.3) is 0 Å². The molecule has 0 aliphatic rings. The van der Waals surface area contributed by atoms with Gasteiger partial charge in [0.05, 0.1) is 12.8 Å². The van der Waals surface area contributed by atoms with E-state index in [1.54, 1.807) is 30.5 Å². The molecule has 4 nitrogen and oxygen atoms in total. The molecule has 0 radical (unpaired) electrons. The average molecular weight is 397 g/mol. The summed E-state index contributed by atoms with van der Waals surface area (Å²) >= 11 is 10.3. The molecule has 1 heterocycles. The van der Waals surface area contributed by atoms with Crippen molar-refractivity contribution in [3.63, 3.8) is 0 Å². The fraction of sp³-hybridized carbons (Fsp3) is 0.167. The van der Waals surface area contributed by atoms with Crippen molar-refractivity contribution in [3.8, 4) is 5.75 Å². The molecular formula is C12H11BrClNO3S2. The van der Waals surface area contributed by atoms with E-state index in [0.29, 0.717) is 20.9 Å². The van der Waals surface area contributed by atoms with Gasteiger partial charge in [-0.1, -0.05) is 11.6 Å². The number of methoxy groups -OCH3 is 1. The molecule has 1 aromatic carbocycles. The van der Waals surface area contributed by atoms with Gasteiger partial charge >= 0.3 is 0 Å². The van der Waals surface area contributed by atoms with E-state index in [1.807, 2.05) is 0 Å². The minimum Gasteiger partial charge on any atom is -0.495 e. The summed E-state index contributed by atoms with van der Waals surface area (Å²) < 4.78 is 33.1. The molecule has 20 heavy (non-hydrogen) atoms. The van der Waals surface area contributed by atoms with Crippen LogP contribution >= 0.6 is 38.9 Å². The number of ether oxygens (including phenoxy) is 1. The lowest BCUT2D eigenvalue weighted by Crippen LogP contribution is -2.13. The summed E-state index contributed by atoms with van der Waals surface area (Å²) in [5, 5.41) is 2.21. The Balaban J connectivity index is 2.44. The zero-order valence-corrected chi connectivity index (χ0v) is 14.6. The van der Waals surface area contributed by atoms with Crippen LogP contribution in [0.15, 0.2) is 32.3 Å². The number of thiophene rings is 1. The Morgan fingerprint density at radius 1 is 1.40 bits per heavy atom. The first-order chi connectivity index (χ1) is 9.35. The molecule has 0 saturated carbocycles. The third kappa shape index (κ3) is 3.11. The smallest absolute Gasteiger partial charge is 0.272 e. The second-order valence-electron chi connectivity index (χ2n) is 3.96. The fourth-order valence-corrected chi connectivity index (χ4v) is 5.13. The Morgan fingerprint density at radius 2 is 2.10 bits per heavy atom. The van der Waals surface area contributed by atoms with Crippen molar-refractivity contribution < 1.29 is 13.2 Å². The maximum atomic E-state index is 12.3. The van der Waals surface area contributed by atoms with Gasteiger partial charge in [0.1, 0.15) is 5.75 Å². The van der Waals surface area contributed by atoms with Gasteiger partial charge in [0.2, 0.25) is 0 Å². The minimum atomic E-state index is -3.66. The normalized spacial score (nSPS) is 11.4. The Hall–Kier alpha value is -0.760. The Labute approximate surface area is 134 Å². The average Bonchev–Trinajstić information content (AvgIpc) is 2.80. The number of sulfonamides is 1. The molecule has 108 valence electrons. The molecule has 2 rings (SSSR count). The number of hydrogen-bond acceptors (Lipinski definition) is 4. The van der Waals surface area contributed by atoms with Crippen LogP contribution in [0, 0.1) is 6.92 Å². The molecule has 0 atom stereocenters.